The molecule has 0 atom stereocenters. The lowest BCUT2D eigenvalue weighted by Gasteiger charge is -2.15. The smallest absolute Gasteiger partial charge is 0.302 e. The fraction of sp³-hybridized carbons (Fsp3) is 0.529. The van der Waals surface area contributed by atoms with E-state index in [9.17, 15) is 9.59 Å². The molecule has 0 aliphatic heterocycles. The van der Waals surface area contributed by atoms with Crippen LogP contribution in [0.15, 0.2) is 12.1 Å². The van der Waals surface area contributed by atoms with Crippen LogP contribution in [0.3, 0.4) is 0 Å². The molecule has 0 heterocycles. The van der Waals surface area contributed by atoms with Gasteiger partial charge >= 0.3 is 5.97 Å². The minimum Gasteiger partial charge on any atom is -0.493 e. The quantitative estimate of drug-likeness (QED) is 0.377. The number of hydrogen-bond donors (Lipinski definition) is 0. The number of ether oxygens (including phenoxy) is 3. The number of carbonyl (C=O) groups is 2. The predicted octanol–water partition coefficient (Wildman–Crippen LogP) is 3.32. The number of rotatable bonds is 10. The molecule has 0 fully saturated rings. The van der Waals surface area contributed by atoms with Crippen molar-refractivity contribution in [2.75, 3.05) is 19.8 Å². The van der Waals surface area contributed by atoms with Crippen molar-refractivity contribution in [3.05, 3.63) is 23.3 Å². The van der Waals surface area contributed by atoms with Gasteiger partial charge < -0.3 is 14.2 Å². The molecule has 0 bridgehead atoms. The molecule has 0 amide bonds. The molecule has 0 N–H and O–H groups in total. The van der Waals surface area contributed by atoms with E-state index in [1.54, 1.807) is 12.1 Å². The molecule has 1 rings (SSSR count). The van der Waals surface area contributed by atoms with Crippen LogP contribution in [-0.4, -0.2) is 32.1 Å². The lowest BCUT2D eigenvalue weighted by Crippen LogP contribution is -2.06. The summed E-state index contributed by atoms with van der Waals surface area (Å²) in [4.78, 5) is 21.8. The van der Waals surface area contributed by atoms with Crippen LogP contribution < -0.4 is 9.47 Å². The minimum absolute atomic E-state index is 0.277. The molecule has 0 saturated heterocycles. The zero-order valence-corrected chi connectivity index (χ0v) is 13.5. The number of carbonyl (C=O) groups excluding carboxylic acids is 2. The van der Waals surface area contributed by atoms with E-state index in [-0.39, 0.29) is 5.97 Å². The summed E-state index contributed by atoms with van der Waals surface area (Å²) in [7, 11) is 0. The van der Waals surface area contributed by atoms with Crippen molar-refractivity contribution >= 4 is 12.3 Å². The molecule has 0 radical (unpaired) electrons. The number of unbranched alkanes of at least 4 members (excludes halogenated alkanes) is 1. The van der Waals surface area contributed by atoms with Crippen molar-refractivity contribution in [2.45, 2.75) is 40.0 Å². The van der Waals surface area contributed by atoms with E-state index in [2.05, 4.69) is 0 Å². The van der Waals surface area contributed by atoms with Gasteiger partial charge in [0.05, 0.1) is 25.4 Å². The number of aldehydes is 1. The highest BCUT2D eigenvalue weighted by molar-refractivity contribution is 5.81. The Kier molecular flexibility index (Phi) is 8.04. The van der Waals surface area contributed by atoms with Crippen molar-refractivity contribution in [1.82, 2.24) is 0 Å². The highest BCUT2D eigenvalue weighted by atomic mass is 16.5. The normalized spacial score (nSPS) is 10.1. The molecule has 1 aromatic carbocycles. The summed E-state index contributed by atoms with van der Waals surface area (Å²) in [6, 6.07) is 3.50. The molecule has 122 valence electrons. The van der Waals surface area contributed by atoms with E-state index in [1.807, 2.05) is 13.8 Å². The van der Waals surface area contributed by atoms with Crippen LogP contribution in [0, 0.1) is 6.92 Å². The van der Waals surface area contributed by atoms with E-state index >= 15 is 0 Å². The molecule has 5 nitrogen and oxygen atoms in total. The molecule has 22 heavy (non-hydrogen) atoms. The van der Waals surface area contributed by atoms with Crippen LogP contribution in [0.25, 0.3) is 0 Å². The summed E-state index contributed by atoms with van der Waals surface area (Å²) in [6.07, 6.45) is 3.16. The van der Waals surface area contributed by atoms with E-state index in [4.69, 9.17) is 14.2 Å². The maximum absolute atomic E-state index is 11.1. The minimum atomic E-state index is -0.277. The third-order valence-corrected chi connectivity index (χ3v) is 3.07. The molecule has 0 aliphatic carbocycles. The van der Waals surface area contributed by atoms with Crippen LogP contribution in [0.5, 0.6) is 11.5 Å². The Balaban J connectivity index is 2.59. The molecule has 0 spiro atoms. The van der Waals surface area contributed by atoms with Crippen molar-refractivity contribution in [3.63, 3.8) is 0 Å². The molecule has 0 aromatic heterocycles. The average molecular weight is 308 g/mol. The largest absolute Gasteiger partial charge is 0.493 e. The van der Waals surface area contributed by atoms with Crippen LogP contribution in [0.2, 0.25) is 0 Å². The fourth-order valence-electron chi connectivity index (χ4n) is 1.94. The zero-order chi connectivity index (χ0) is 16.4. The van der Waals surface area contributed by atoms with Crippen LogP contribution in [0.1, 0.15) is 49.0 Å². The SMILES string of the molecule is CCCOc1ccc(C=O)c(OCCCCOC(C)=O)c1C. The van der Waals surface area contributed by atoms with Gasteiger partial charge in [-0.15, -0.1) is 0 Å². The van der Waals surface area contributed by atoms with Gasteiger partial charge in [-0.05, 0) is 38.3 Å². The van der Waals surface area contributed by atoms with Gasteiger partial charge in [-0.1, -0.05) is 6.92 Å². The highest BCUT2D eigenvalue weighted by Gasteiger charge is 2.12. The second kappa shape index (κ2) is 9.82. The summed E-state index contributed by atoms with van der Waals surface area (Å²) in [5.74, 6) is 1.03. The third-order valence-electron chi connectivity index (χ3n) is 3.07. The Labute approximate surface area is 131 Å². The predicted molar refractivity (Wildman–Crippen MR) is 83.7 cm³/mol. The Bertz CT molecular complexity index is 496. The van der Waals surface area contributed by atoms with Gasteiger partial charge in [0.25, 0.3) is 0 Å². The van der Waals surface area contributed by atoms with Gasteiger partial charge in [-0.25, -0.2) is 0 Å². The topological polar surface area (TPSA) is 61.8 Å². The maximum Gasteiger partial charge on any atom is 0.302 e. The average Bonchev–Trinajstić information content (AvgIpc) is 2.50. The summed E-state index contributed by atoms with van der Waals surface area (Å²) < 4.78 is 16.2. The lowest BCUT2D eigenvalue weighted by atomic mass is 10.1. The first-order valence-corrected chi connectivity index (χ1v) is 7.57. The standard InChI is InChI=1S/C17H24O5/c1-4-9-21-16-8-7-15(12-18)17(13(16)2)22-11-6-5-10-20-14(3)19/h7-8,12H,4-6,9-11H2,1-3H3. The monoisotopic (exact) mass is 308 g/mol. The lowest BCUT2D eigenvalue weighted by molar-refractivity contribution is -0.141. The van der Waals surface area contributed by atoms with Crippen molar-refractivity contribution in [1.29, 1.82) is 0 Å². The Morgan fingerprint density at radius 2 is 1.86 bits per heavy atom. The third kappa shape index (κ3) is 5.76. The van der Waals surface area contributed by atoms with E-state index in [0.29, 0.717) is 31.1 Å². The van der Waals surface area contributed by atoms with Crippen molar-refractivity contribution in [2.24, 2.45) is 0 Å². The summed E-state index contributed by atoms with van der Waals surface area (Å²) >= 11 is 0. The van der Waals surface area contributed by atoms with Crippen LogP contribution in [-0.2, 0) is 9.53 Å². The fourth-order valence-corrected chi connectivity index (χ4v) is 1.94. The van der Waals surface area contributed by atoms with E-state index in [0.717, 1.165) is 36.9 Å². The Morgan fingerprint density at radius 1 is 1.14 bits per heavy atom. The van der Waals surface area contributed by atoms with Gasteiger partial charge in [-0.2, -0.15) is 0 Å². The van der Waals surface area contributed by atoms with Gasteiger partial charge in [0.1, 0.15) is 11.5 Å². The number of benzene rings is 1. The summed E-state index contributed by atoms with van der Waals surface area (Å²) in [5, 5.41) is 0. The molecule has 1 aromatic rings. The summed E-state index contributed by atoms with van der Waals surface area (Å²) in [6.45, 7) is 6.78. The first kappa shape index (κ1) is 18.0. The van der Waals surface area contributed by atoms with E-state index in [1.165, 1.54) is 6.92 Å². The van der Waals surface area contributed by atoms with Gasteiger partial charge in [0, 0.05) is 12.5 Å². The van der Waals surface area contributed by atoms with Crippen molar-refractivity contribution in [3.8, 4) is 11.5 Å². The molecular weight excluding hydrogens is 284 g/mol. The number of hydrogen-bond acceptors (Lipinski definition) is 5. The first-order valence-electron chi connectivity index (χ1n) is 7.57. The molecule has 0 unspecified atom stereocenters. The maximum atomic E-state index is 11.1. The number of esters is 1. The second-order valence-corrected chi connectivity index (χ2v) is 4.97. The van der Waals surface area contributed by atoms with Gasteiger partial charge in [0.15, 0.2) is 6.29 Å². The Morgan fingerprint density at radius 3 is 2.50 bits per heavy atom. The molecule has 0 aliphatic rings. The molecule has 5 heteroatoms. The first-order chi connectivity index (χ1) is 10.6. The van der Waals surface area contributed by atoms with Crippen LogP contribution >= 0.6 is 0 Å². The summed E-state index contributed by atoms with van der Waals surface area (Å²) in [5.41, 5.74) is 1.35. The highest BCUT2D eigenvalue weighted by Crippen LogP contribution is 2.31. The Hall–Kier alpha value is -2.04. The molecular formula is C17H24O5. The van der Waals surface area contributed by atoms with Crippen LogP contribution in [0.4, 0.5) is 0 Å². The molecule has 0 saturated carbocycles. The van der Waals surface area contributed by atoms with E-state index < -0.39 is 0 Å². The second-order valence-electron chi connectivity index (χ2n) is 4.97. The van der Waals surface area contributed by atoms with Crippen molar-refractivity contribution < 1.29 is 23.8 Å². The van der Waals surface area contributed by atoms with Gasteiger partial charge in [-0.3, -0.25) is 9.59 Å². The van der Waals surface area contributed by atoms with Gasteiger partial charge in [0.2, 0.25) is 0 Å². The zero-order valence-electron chi connectivity index (χ0n) is 13.5.